The van der Waals surface area contributed by atoms with Crippen LogP contribution in [0.15, 0.2) is 24.3 Å². The van der Waals surface area contributed by atoms with Gasteiger partial charge in [0.1, 0.15) is 0 Å². The van der Waals surface area contributed by atoms with E-state index >= 15 is 0 Å². The van der Waals surface area contributed by atoms with Crippen LogP contribution in [0.4, 0.5) is 5.69 Å². The highest BCUT2D eigenvalue weighted by Crippen LogP contribution is 2.11. The van der Waals surface area contributed by atoms with Gasteiger partial charge in [0, 0.05) is 5.69 Å². The van der Waals surface area contributed by atoms with E-state index in [-0.39, 0.29) is 5.97 Å². The van der Waals surface area contributed by atoms with Crippen LogP contribution in [0, 0.1) is 0 Å². The number of tetrazole rings is 1. The Labute approximate surface area is 110 Å². The second-order valence-corrected chi connectivity index (χ2v) is 3.85. The molecule has 0 aliphatic heterocycles. The van der Waals surface area contributed by atoms with E-state index in [4.69, 9.17) is 4.74 Å². The number of benzene rings is 1. The first-order valence-electron chi connectivity index (χ1n) is 5.93. The molecule has 0 spiro atoms. The number of rotatable bonds is 5. The molecule has 1 N–H and O–H groups in total. The number of carbonyl (C=O) groups is 1. The lowest BCUT2D eigenvalue weighted by molar-refractivity contribution is 0.0526. The molecule has 100 valence electrons. The van der Waals surface area contributed by atoms with E-state index in [0.717, 1.165) is 5.69 Å². The zero-order chi connectivity index (χ0) is 13.7. The minimum Gasteiger partial charge on any atom is -0.462 e. The first-order valence-corrected chi connectivity index (χ1v) is 5.93. The average Bonchev–Trinajstić information content (AvgIpc) is 2.83. The number of nitrogens with one attached hydrogen (secondary N) is 1. The van der Waals surface area contributed by atoms with Crippen molar-refractivity contribution in [3.8, 4) is 0 Å². The van der Waals surface area contributed by atoms with Crippen LogP contribution in [0.5, 0.6) is 0 Å². The molecule has 0 bridgehead atoms. The van der Waals surface area contributed by atoms with Crippen LogP contribution in [-0.4, -0.2) is 32.8 Å². The van der Waals surface area contributed by atoms with E-state index in [1.807, 2.05) is 12.1 Å². The van der Waals surface area contributed by atoms with E-state index in [2.05, 4.69) is 20.7 Å². The lowest BCUT2D eigenvalue weighted by atomic mass is 10.2. The summed E-state index contributed by atoms with van der Waals surface area (Å²) in [6.45, 7) is 2.63. The van der Waals surface area contributed by atoms with Crippen molar-refractivity contribution in [3.63, 3.8) is 0 Å². The van der Waals surface area contributed by atoms with Crippen LogP contribution in [-0.2, 0) is 18.3 Å². The van der Waals surface area contributed by atoms with Gasteiger partial charge >= 0.3 is 5.97 Å². The predicted molar refractivity (Wildman–Crippen MR) is 68.5 cm³/mol. The van der Waals surface area contributed by atoms with E-state index in [9.17, 15) is 4.79 Å². The maximum atomic E-state index is 11.5. The Kier molecular flexibility index (Phi) is 4.07. The van der Waals surface area contributed by atoms with Crippen LogP contribution in [0.25, 0.3) is 0 Å². The number of anilines is 1. The molecule has 7 nitrogen and oxygen atoms in total. The van der Waals surface area contributed by atoms with Crippen LogP contribution < -0.4 is 5.32 Å². The number of ether oxygens (including phenoxy) is 1. The van der Waals surface area contributed by atoms with Gasteiger partial charge in [0.15, 0.2) is 5.82 Å². The second-order valence-electron chi connectivity index (χ2n) is 3.85. The van der Waals surface area contributed by atoms with E-state index in [1.165, 1.54) is 4.80 Å². The first kappa shape index (κ1) is 13.0. The van der Waals surface area contributed by atoms with Crippen molar-refractivity contribution in [2.75, 3.05) is 11.9 Å². The molecule has 0 unspecified atom stereocenters. The fraction of sp³-hybridized carbons (Fsp3) is 0.333. The normalized spacial score (nSPS) is 10.2. The van der Waals surface area contributed by atoms with Crippen molar-refractivity contribution >= 4 is 11.7 Å². The molecule has 0 saturated carbocycles. The standard InChI is InChI=1S/C12H15N5O2/c1-3-19-12(18)9-4-6-10(7-5-9)13-8-11-14-16-17(2)15-11/h4-7,13H,3,8H2,1-2H3. The summed E-state index contributed by atoms with van der Waals surface area (Å²) in [5, 5.41) is 14.8. The summed E-state index contributed by atoms with van der Waals surface area (Å²) in [6, 6.07) is 7.04. The Morgan fingerprint density at radius 2 is 2.11 bits per heavy atom. The monoisotopic (exact) mass is 261 g/mol. The number of hydrogen-bond donors (Lipinski definition) is 1. The highest BCUT2D eigenvalue weighted by atomic mass is 16.5. The van der Waals surface area contributed by atoms with Crippen LogP contribution >= 0.6 is 0 Å². The van der Waals surface area contributed by atoms with E-state index in [1.54, 1.807) is 26.1 Å². The summed E-state index contributed by atoms with van der Waals surface area (Å²) in [7, 11) is 1.71. The summed E-state index contributed by atoms with van der Waals surface area (Å²) >= 11 is 0. The molecule has 0 aliphatic carbocycles. The summed E-state index contributed by atoms with van der Waals surface area (Å²) in [5.41, 5.74) is 1.41. The fourth-order valence-electron chi connectivity index (χ4n) is 1.51. The molecule has 2 rings (SSSR count). The molecule has 2 aromatic rings. The average molecular weight is 261 g/mol. The van der Waals surface area contributed by atoms with Crippen molar-refractivity contribution in [3.05, 3.63) is 35.7 Å². The molecule has 0 fully saturated rings. The highest BCUT2D eigenvalue weighted by molar-refractivity contribution is 5.89. The zero-order valence-electron chi connectivity index (χ0n) is 10.8. The summed E-state index contributed by atoms with van der Waals surface area (Å²) in [4.78, 5) is 12.9. The van der Waals surface area contributed by atoms with Gasteiger partial charge in [-0.2, -0.15) is 4.80 Å². The Morgan fingerprint density at radius 1 is 1.37 bits per heavy atom. The Bertz CT molecular complexity index is 550. The minimum atomic E-state index is -0.315. The topological polar surface area (TPSA) is 81.9 Å². The third-order valence-electron chi connectivity index (χ3n) is 2.40. The van der Waals surface area contributed by atoms with Crippen molar-refractivity contribution in [1.29, 1.82) is 0 Å². The number of aryl methyl sites for hydroxylation is 1. The highest BCUT2D eigenvalue weighted by Gasteiger charge is 2.06. The van der Waals surface area contributed by atoms with Crippen LogP contribution in [0.1, 0.15) is 23.1 Å². The lowest BCUT2D eigenvalue weighted by Gasteiger charge is -2.05. The second kappa shape index (κ2) is 5.94. The molecule has 19 heavy (non-hydrogen) atoms. The lowest BCUT2D eigenvalue weighted by Crippen LogP contribution is -2.05. The number of hydrogen-bond acceptors (Lipinski definition) is 6. The summed E-state index contributed by atoms with van der Waals surface area (Å²) < 4.78 is 4.91. The molecule has 7 heteroatoms. The van der Waals surface area contributed by atoms with Crippen LogP contribution in [0.3, 0.4) is 0 Å². The molecule has 0 saturated heterocycles. The number of esters is 1. The van der Waals surface area contributed by atoms with Gasteiger partial charge in [0.2, 0.25) is 0 Å². The van der Waals surface area contributed by atoms with Crippen LogP contribution in [0.2, 0.25) is 0 Å². The molecule has 1 heterocycles. The van der Waals surface area contributed by atoms with Gasteiger partial charge in [-0.15, -0.1) is 10.2 Å². The number of aromatic nitrogens is 4. The van der Waals surface area contributed by atoms with Crippen molar-refractivity contribution < 1.29 is 9.53 Å². The quantitative estimate of drug-likeness (QED) is 0.808. The molecule has 0 atom stereocenters. The SMILES string of the molecule is CCOC(=O)c1ccc(NCc2nnn(C)n2)cc1. The number of carbonyl (C=O) groups excluding carboxylic acids is 1. The maximum absolute atomic E-state index is 11.5. The zero-order valence-corrected chi connectivity index (χ0v) is 10.8. The molecule has 0 amide bonds. The van der Waals surface area contributed by atoms with Gasteiger partial charge in [0.25, 0.3) is 0 Å². The third-order valence-corrected chi connectivity index (χ3v) is 2.40. The Morgan fingerprint density at radius 3 is 2.68 bits per heavy atom. The van der Waals surface area contributed by atoms with E-state index < -0.39 is 0 Å². The molecule has 1 aromatic heterocycles. The van der Waals surface area contributed by atoms with Gasteiger partial charge in [-0.05, 0) is 36.4 Å². The van der Waals surface area contributed by atoms with Gasteiger partial charge in [-0.3, -0.25) is 0 Å². The summed E-state index contributed by atoms with van der Waals surface area (Å²) in [5.74, 6) is 0.293. The molecule has 0 radical (unpaired) electrons. The van der Waals surface area contributed by atoms with Crippen molar-refractivity contribution in [2.45, 2.75) is 13.5 Å². The van der Waals surface area contributed by atoms with E-state index in [0.29, 0.717) is 24.5 Å². The smallest absolute Gasteiger partial charge is 0.338 e. The van der Waals surface area contributed by atoms with Gasteiger partial charge in [-0.25, -0.2) is 4.79 Å². The van der Waals surface area contributed by atoms with Gasteiger partial charge in [-0.1, -0.05) is 0 Å². The molecule has 0 aliphatic rings. The van der Waals surface area contributed by atoms with Gasteiger partial charge in [0.05, 0.1) is 25.8 Å². The Balaban J connectivity index is 1.93. The van der Waals surface area contributed by atoms with Crippen molar-refractivity contribution in [2.24, 2.45) is 7.05 Å². The maximum Gasteiger partial charge on any atom is 0.338 e. The number of nitrogens with zero attached hydrogens (tertiary/aromatic N) is 4. The largest absolute Gasteiger partial charge is 0.462 e. The molecule has 1 aromatic carbocycles. The molecular weight excluding hydrogens is 246 g/mol. The Hall–Kier alpha value is -2.44. The third kappa shape index (κ3) is 3.51. The first-order chi connectivity index (χ1) is 9.19. The van der Waals surface area contributed by atoms with Gasteiger partial charge < -0.3 is 10.1 Å². The fourth-order valence-corrected chi connectivity index (χ4v) is 1.51. The minimum absolute atomic E-state index is 0.315. The molecular formula is C12H15N5O2. The predicted octanol–water partition coefficient (Wildman–Crippen LogP) is 0.999. The summed E-state index contributed by atoms with van der Waals surface area (Å²) in [6.07, 6.45) is 0. The van der Waals surface area contributed by atoms with Crippen molar-refractivity contribution in [1.82, 2.24) is 20.2 Å².